The SMILES string of the molecule is COc1ccc(CN(C)CC(O)COCc2ccccc2F)c(OC)c1OC. The molecule has 2 rings (SSSR count). The molecular formula is C21H28FNO5. The van der Waals surface area contributed by atoms with E-state index in [-0.39, 0.29) is 19.0 Å². The fourth-order valence-corrected chi connectivity index (χ4v) is 2.98. The Morgan fingerprint density at radius 2 is 1.68 bits per heavy atom. The largest absolute Gasteiger partial charge is 0.493 e. The van der Waals surface area contributed by atoms with Gasteiger partial charge in [0.05, 0.1) is 40.6 Å². The van der Waals surface area contributed by atoms with Crippen LogP contribution in [0.3, 0.4) is 0 Å². The van der Waals surface area contributed by atoms with Gasteiger partial charge in [0.25, 0.3) is 0 Å². The highest BCUT2D eigenvalue weighted by Crippen LogP contribution is 2.40. The Labute approximate surface area is 165 Å². The van der Waals surface area contributed by atoms with Crippen LogP contribution in [0, 0.1) is 5.82 Å². The molecule has 0 aromatic heterocycles. The molecule has 0 bridgehead atoms. The Bertz CT molecular complexity index is 756. The summed E-state index contributed by atoms with van der Waals surface area (Å²) < 4.78 is 35.2. The number of hydrogen-bond acceptors (Lipinski definition) is 6. The van der Waals surface area contributed by atoms with Crippen molar-refractivity contribution < 1.29 is 28.4 Å². The molecule has 0 saturated heterocycles. The molecule has 0 spiro atoms. The smallest absolute Gasteiger partial charge is 0.203 e. The summed E-state index contributed by atoms with van der Waals surface area (Å²) in [6.07, 6.45) is -0.706. The molecule has 7 heteroatoms. The number of benzene rings is 2. The van der Waals surface area contributed by atoms with E-state index in [0.717, 1.165) is 5.56 Å². The summed E-state index contributed by atoms with van der Waals surface area (Å²) in [6, 6.07) is 10.2. The van der Waals surface area contributed by atoms with E-state index in [2.05, 4.69) is 0 Å². The third-order valence-electron chi connectivity index (χ3n) is 4.27. The predicted molar refractivity (Wildman–Crippen MR) is 104 cm³/mol. The molecule has 28 heavy (non-hydrogen) atoms. The van der Waals surface area contributed by atoms with Crippen LogP contribution in [0.5, 0.6) is 17.2 Å². The lowest BCUT2D eigenvalue weighted by atomic mass is 10.1. The maximum Gasteiger partial charge on any atom is 0.203 e. The van der Waals surface area contributed by atoms with Gasteiger partial charge in [0.1, 0.15) is 5.82 Å². The van der Waals surface area contributed by atoms with Gasteiger partial charge in [-0.2, -0.15) is 0 Å². The first-order chi connectivity index (χ1) is 13.5. The number of nitrogens with zero attached hydrogens (tertiary/aromatic N) is 1. The highest BCUT2D eigenvalue weighted by atomic mass is 19.1. The second-order valence-electron chi connectivity index (χ2n) is 6.45. The lowest BCUT2D eigenvalue weighted by Gasteiger charge is -2.23. The number of aliphatic hydroxyl groups is 1. The molecule has 1 unspecified atom stereocenters. The zero-order chi connectivity index (χ0) is 20.5. The highest BCUT2D eigenvalue weighted by Gasteiger charge is 2.18. The molecule has 2 aromatic rings. The molecule has 0 aliphatic heterocycles. The number of halogens is 1. The van der Waals surface area contributed by atoms with Crippen molar-refractivity contribution >= 4 is 0 Å². The van der Waals surface area contributed by atoms with Gasteiger partial charge in [-0.15, -0.1) is 0 Å². The number of aliphatic hydroxyl groups excluding tert-OH is 1. The number of hydrogen-bond donors (Lipinski definition) is 1. The standard InChI is InChI=1S/C21H28FNO5/c1-23(11-15-9-10-19(25-2)21(27-4)20(15)26-3)12-17(24)14-28-13-16-7-5-6-8-18(16)22/h5-10,17,24H,11-14H2,1-4H3. The van der Waals surface area contributed by atoms with Crippen molar-refractivity contribution in [3.63, 3.8) is 0 Å². The van der Waals surface area contributed by atoms with Crippen molar-refractivity contribution in [3.05, 3.63) is 53.3 Å². The molecule has 1 atom stereocenters. The van der Waals surface area contributed by atoms with Crippen LogP contribution in [-0.4, -0.2) is 57.6 Å². The molecule has 0 fully saturated rings. The lowest BCUT2D eigenvalue weighted by Crippen LogP contribution is -2.32. The molecule has 0 radical (unpaired) electrons. The molecule has 0 aliphatic rings. The van der Waals surface area contributed by atoms with Crippen molar-refractivity contribution in [3.8, 4) is 17.2 Å². The van der Waals surface area contributed by atoms with Crippen LogP contribution in [0.4, 0.5) is 4.39 Å². The van der Waals surface area contributed by atoms with E-state index in [4.69, 9.17) is 18.9 Å². The number of ether oxygens (including phenoxy) is 4. The zero-order valence-electron chi connectivity index (χ0n) is 16.8. The van der Waals surface area contributed by atoms with Crippen molar-refractivity contribution in [1.82, 2.24) is 4.90 Å². The van der Waals surface area contributed by atoms with E-state index in [1.54, 1.807) is 39.5 Å². The van der Waals surface area contributed by atoms with Crippen LogP contribution in [-0.2, 0) is 17.9 Å². The van der Waals surface area contributed by atoms with Crippen molar-refractivity contribution in [1.29, 1.82) is 0 Å². The Balaban J connectivity index is 1.89. The summed E-state index contributed by atoms with van der Waals surface area (Å²) >= 11 is 0. The highest BCUT2D eigenvalue weighted by molar-refractivity contribution is 5.55. The molecule has 0 saturated carbocycles. The van der Waals surface area contributed by atoms with Gasteiger partial charge in [-0.3, -0.25) is 4.90 Å². The fourth-order valence-electron chi connectivity index (χ4n) is 2.98. The molecular weight excluding hydrogens is 365 g/mol. The Morgan fingerprint density at radius 3 is 2.32 bits per heavy atom. The molecule has 0 aliphatic carbocycles. The average molecular weight is 393 g/mol. The molecule has 154 valence electrons. The number of likely N-dealkylation sites (N-methyl/N-ethyl adjacent to an activating group) is 1. The monoisotopic (exact) mass is 393 g/mol. The van der Waals surface area contributed by atoms with Crippen molar-refractivity contribution in [2.45, 2.75) is 19.3 Å². The summed E-state index contributed by atoms with van der Waals surface area (Å²) in [5, 5.41) is 10.2. The summed E-state index contributed by atoms with van der Waals surface area (Å²) in [6.45, 7) is 1.15. The lowest BCUT2D eigenvalue weighted by molar-refractivity contribution is 0.0118. The van der Waals surface area contributed by atoms with E-state index < -0.39 is 6.10 Å². The van der Waals surface area contributed by atoms with Crippen molar-refractivity contribution in [2.75, 3.05) is 41.5 Å². The molecule has 2 aromatic carbocycles. The summed E-state index contributed by atoms with van der Waals surface area (Å²) in [5.41, 5.74) is 1.38. The second-order valence-corrected chi connectivity index (χ2v) is 6.45. The normalized spacial score (nSPS) is 12.1. The van der Waals surface area contributed by atoms with Gasteiger partial charge < -0.3 is 24.1 Å². The Morgan fingerprint density at radius 1 is 0.964 bits per heavy atom. The van der Waals surface area contributed by atoms with E-state index in [9.17, 15) is 9.50 Å². The topological polar surface area (TPSA) is 60.4 Å². The second kappa shape index (κ2) is 10.8. The average Bonchev–Trinajstić information content (AvgIpc) is 2.68. The van der Waals surface area contributed by atoms with E-state index in [0.29, 0.717) is 35.9 Å². The quantitative estimate of drug-likeness (QED) is 0.634. The Kier molecular flexibility index (Phi) is 8.50. The van der Waals surface area contributed by atoms with Crippen LogP contribution < -0.4 is 14.2 Å². The first kappa shape index (κ1) is 21.9. The molecule has 6 nitrogen and oxygen atoms in total. The number of methoxy groups -OCH3 is 3. The van der Waals surface area contributed by atoms with Gasteiger partial charge >= 0.3 is 0 Å². The van der Waals surface area contributed by atoms with Crippen LogP contribution in [0.2, 0.25) is 0 Å². The summed E-state index contributed by atoms with van der Waals surface area (Å²) in [7, 11) is 6.59. The Hall–Kier alpha value is -2.35. The number of rotatable bonds is 11. The van der Waals surface area contributed by atoms with Gasteiger partial charge in [0, 0.05) is 24.2 Å². The van der Waals surface area contributed by atoms with Gasteiger partial charge in [-0.05, 0) is 19.2 Å². The van der Waals surface area contributed by atoms with E-state index in [1.165, 1.54) is 6.07 Å². The summed E-state index contributed by atoms with van der Waals surface area (Å²) in [4.78, 5) is 1.95. The minimum atomic E-state index is -0.706. The van der Waals surface area contributed by atoms with Crippen LogP contribution in [0.15, 0.2) is 36.4 Å². The molecule has 0 heterocycles. The third-order valence-corrected chi connectivity index (χ3v) is 4.27. The third kappa shape index (κ3) is 5.82. The minimum Gasteiger partial charge on any atom is -0.493 e. The fraction of sp³-hybridized carbons (Fsp3) is 0.429. The van der Waals surface area contributed by atoms with Crippen molar-refractivity contribution in [2.24, 2.45) is 0 Å². The minimum absolute atomic E-state index is 0.113. The van der Waals surface area contributed by atoms with Crippen LogP contribution in [0.25, 0.3) is 0 Å². The molecule has 0 amide bonds. The summed E-state index contributed by atoms with van der Waals surface area (Å²) in [5.74, 6) is 1.41. The first-order valence-electron chi connectivity index (χ1n) is 8.95. The van der Waals surface area contributed by atoms with Gasteiger partial charge in [-0.25, -0.2) is 4.39 Å². The maximum atomic E-state index is 13.6. The van der Waals surface area contributed by atoms with E-state index in [1.807, 2.05) is 24.1 Å². The van der Waals surface area contributed by atoms with Gasteiger partial charge in [-0.1, -0.05) is 24.3 Å². The molecule has 1 N–H and O–H groups in total. The van der Waals surface area contributed by atoms with Crippen LogP contribution in [0.1, 0.15) is 11.1 Å². The zero-order valence-corrected chi connectivity index (χ0v) is 16.8. The van der Waals surface area contributed by atoms with Gasteiger partial charge in [0.2, 0.25) is 5.75 Å². The predicted octanol–water partition coefficient (Wildman–Crippen LogP) is 2.86. The van der Waals surface area contributed by atoms with Gasteiger partial charge in [0.15, 0.2) is 11.5 Å². The first-order valence-corrected chi connectivity index (χ1v) is 8.95. The maximum absolute atomic E-state index is 13.6. The van der Waals surface area contributed by atoms with Crippen LogP contribution >= 0.6 is 0 Å². The van der Waals surface area contributed by atoms with E-state index >= 15 is 0 Å².